The van der Waals surface area contributed by atoms with Gasteiger partial charge in [-0.25, -0.2) is 13.2 Å². The second kappa shape index (κ2) is 8.11. The summed E-state index contributed by atoms with van der Waals surface area (Å²) in [7, 11) is -3.55. The van der Waals surface area contributed by atoms with E-state index in [0.29, 0.717) is 0 Å². The molecule has 2 heterocycles. The van der Waals surface area contributed by atoms with Crippen LogP contribution in [0.25, 0.3) is 0 Å². The molecule has 0 radical (unpaired) electrons. The number of sulfonamides is 1. The Morgan fingerprint density at radius 3 is 2.70 bits per heavy atom. The topological polar surface area (TPSA) is 105 Å². The van der Waals surface area contributed by atoms with Crippen LogP contribution in [-0.4, -0.2) is 49.9 Å². The lowest BCUT2D eigenvalue weighted by atomic mass is 10.1. The third-order valence-electron chi connectivity index (χ3n) is 3.98. The van der Waals surface area contributed by atoms with E-state index in [9.17, 15) is 31.2 Å². The van der Waals surface area contributed by atoms with Crippen molar-refractivity contribution >= 4 is 45.0 Å². The summed E-state index contributed by atoms with van der Waals surface area (Å²) in [6.07, 6.45) is -0.883. The minimum absolute atomic E-state index is 0.00905. The summed E-state index contributed by atoms with van der Waals surface area (Å²) >= 11 is 5.75. The van der Waals surface area contributed by atoms with Crippen LogP contribution in [0.2, 0.25) is 5.02 Å². The fourth-order valence-electron chi connectivity index (χ4n) is 2.60. The maximum absolute atomic E-state index is 13.1. The summed E-state index contributed by atoms with van der Waals surface area (Å²) in [5.41, 5.74) is -1.77. The van der Waals surface area contributed by atoms with Crippen LogP contribution in [-0.2, 0) is 30.5 Å². The molecule has 8 nitrogen and oxygen atoms in total. The average Bonchev–Trinajstić information content (AvgIpc) is 2.65. The number of hydrogen-bond donors (Lipinski definition) is 1. The third kappa shape index (κ3) is 5.00. The van der Waals surface area contributed by atoms with Gasteiger partial charge >= 0.3 is 12.1 Å². The molecular formula is C17H13ClF3N3O5S. The summed E-state index contributed by atoms with van der Waals surface area (Å²) in [5, 5.41) is 1.67. The van der Waals surface area contributed by atoms with Gasteiger partial charge in [0.15, 0.2) is 6.61 Å². The lowest BCUT2D eigenvalue weighted by Crippen LogP contribution is -2.37. The molecule has 0 atom stereocenters. The summed E-state index contributed by atoms with van der Waals surface area (Å²) in [6.45, 7) is -0.780. The van der Waals surface area contributed by atoms with E-state index >= 15 is 0 Å². The average molecular weight is 464 g/mol. The van der Waals surface area contributed by atoms with Gasteiger partial charge in [-0.2, -0.15) is 13.2 Å². The number of amides is 1. The Labute approximate surface area is 173 Å². The number of carbonyl (C=O) groups is 2. The minimum Gasteiger partial charge on any atom is -0.452 e. The van der Waals surface area contributed by atoms with Gasteiger partial charge in [0, 0.05) is 12.7 Å². The highest BCUT2D eigenvalue weighted by molar-refractivity contribution is 7.90. The van der Waals surface area contributed by atoms with Gasteiger partial charge in [-0.1, -0.05) is 17.7 Å². The van der Waals surface area contributed by atoms with Crippen molar-refractivity contribution in [1.82, 2.24) is 4.90 Å². The maximum Gasteiger partial charge on any atom is 0.418 e. The second-order valence-electron chi connectivity index (χ2n) is 6.13. The first-order chi connectivity index (χ1) is 14.0. The van der Waals surface area contributed by atoms with Crippen molar-refractivity contribution in [3.8, 4) is 0 Å². The molecule has 13 heteroatoms. The first kappa shape index (κ1) is 21.8. The van der Waals surface area contributed by atoms with E-state index in [0.717, 1.165) is 12.1 Å². The van der Waals surface area contributed by atoms with Crippen molar-refractivity contribution in [1.29, 1.82) is 0 Å². The number of ether oxygens (including phenoxy) is 1. The molecule has 1 aromatic carbocycles. The molecule has 0 fully saturated rings. The molecule has 3 rings (SSSR count). The van der Waals surface area contributed by atoms with Gasteiger partial charge < -0.3 is 15.0 Å². The van der Waals surface area contributed by atoms with Crippen LogP contribution in [0.5, 0.6) is 0 Å². The van der Waals surface area contributed by atoms with E-state index in [1.54, 1.807) is 0 Å². The summed E-state index contributed by atoms with van der Waals surface area (Å²) in [5.74, 6) is -2.04. The van der Waals surface area contributed by atoms with Gasteiger partial charge in [0.1, 0.15) is 5.84 Å². The Bertz CT molecular complexity index is 1100. The fraction of sp³-hybridized carbons (Fsp3) is 0.235. The highest BCUT2D eigenvalue weighted by Crippen LogP contribution is 2.38. The molecule has 30 heavy (non-hydrogen) atoms. The number of anilines is 1. The predicted octanol–water partition coefficient (Wildman–Crippen LogP) is 2.34. The molecule has 0 unspecified atom stereocenters. The number of carbonyl (C=O) groups excluding carboxylic acids is 2. The normalized spacial score (nSPS) is 17.5. The van der Waals surface area contributed by atoms with Crippen LogP contribution in [0.3, 0.4) is 0 Å². The Balaban J connectivity index is 1.64. The largest absolute Gasteiger partial charge is 0.452 e. The quantitative estimate of drug-likeness (QED) is 0.687. The Morgan fingerprint density at radius 2 is 2.00 bits per heavy atom. The van der Waals surface area contributed by atoms with Crippen molar-refractivity contribution in [2.24, 2.45) is 4.40 Å². The van der Waals surface area contributed by atoms with Crippen LogP contribution >= 0.6 is 11.6 Å². The zero-order valence-electron chi connectivity index (χ0n) is 14.9. The third-order valence-corrected chi connectivity index (χ3v) is 5.46. The van der Waals surface area contributed by atoms with Gasteiger partial charge in [-0.3, -0.25) is 4.79 Å². The second-order valence-corrected chi connectivity index (χ2v) is 8.29. The zero-order chi connectivity index (χ0) is 22.1. The number of hydrogen-bond acceptors (Lipinski definition) is 6. The first-order valence-electron chi connectivity index (χ1n) is 8.28. The Morgan fingerprint density at radius 1 is 1.27 bits per heavy atom. The number of nitrogens with zero attached hydrogens (tertiary/aromatic N) is 2. The standard InChI is InChI=1S/C17H13ClF3N3O5S/c18-12-3-1-2-11(17(19,20)21)15(12)22-14(25)9-29-16(26)10-4-5-13-23-30(27,28)7-6-24(13)8-10/h1-5,8H,6-7,9H2,(H,22,25). The summed E-state index contributed by atoms with van der Waals surface area (Å²) < 4.78 is 70.5. The van der Waals surface area contributed by atoms with Crippen LogP contribution in [0.4, 0.5) is 18.9 Å². The first-order valence-corrected chi connectivity index (χ1v) is 10.3. The maximum atomic E-state index is 13.1. The number of para-hydroxylation sites is 1. The van der Waals surface area contributed by atoms with Crippen LogP contribution in [0, 0.1) is 0 Å². The Kier molecular flexibility index (Phi) is 5.90. The van der Waals surface area contributed by atoms with E-state index in [-0.39, 0.29) is 28.7 Å². The summed E-state index contributed by atoms with van der Waals surface area (Å²) in [6, 6.07) is 3.02. The van der Waals surface area contributed by atoms with Gasteiger partial charge in [0.2, 0.25) is 0 Å². The number of alkyl halides is 3. The number of amidine groups is 1. The van der Waals surface area contributed by atoms with Crippen molar-refractivity contribution in [3.63, 3.8) is 0 Å². The van der Waals surface area contributed by atoms with E-state index in [2.05, 4.69) is 4.40 Å². The molecule has 1 N–H and O–H groups in total. The number of benzene rings is 1. The van der Waals surface area contributed by atoms with E-state index in [1.807, 2.05) is 5.32 Å². The van der Waals surface area contributed by atoms with E-state index < -0.39 is 45.9 Å². The highest BCUT2D eigenvalue weighted by Gasteiger charge is 2.35. The smallest absolute Gasteiger partial charge is 0.418 e. The highest BCUT2D eigenvalue weighted by atomic mass is 35.5. The van der Waals surface area contributed by atoms with E-state index in [1.165, 1.54) is 29.3 Å². The number of esters is 1. The molecule has 0 saturated heterocycles. The van der Waals surface area contributed by atoms with Gasteiger partial charge in [0.25, 0.3) is 15.9 Å². The monoisotopic (exact) mass is 463 g/mol. The van der Waals surface area contributed by atoms with E-state index in [4.69, 9.17) is 16.3 Å². The van der Waals surface area contributed by atoms with Gasteiger partial charge in [0.05, 0.1) is 27.6 Å². The number of halogens is 4. The fourth-order valence-corrected chi connectivity index (χ4v) is 3.79. The van der Waals surface area contributed by atoms with Crippen molar-refractivity contribution in [3.05, 3.63) is 52.7 Å². The SMILES string of the molecule is O=C(COC(=O)C1=CN2CCS(=O)(=O)N=C2C=C1)Nc1c(Cl)cccc1C(F)(F)F. The van der Waals surface area contributed by atoms with Gasteiger partial charge in [-0.15, -0.1) is 4.40 Å². The molecule has 0 aromatic heterocycles. The van der Waals surface area contributed by atoms with Crippen molar-refractivity contribution in [2.45, 2.75) is 6.18 Å². The molecule has 0 bridgehead atoms. The zero-order valence-corrected chi connectivity index (χ0v) is 16.5. The Hall–Kier alpha value is -2.86. The summed E-state index contributed by atoms with van der Waals surface area (Å²) in [4.78, 5) is 25.5. The lowest BCUT2D eigenvalue weighted by Gasteiger charge is -2.26. The molecule has 0 aliphatic carbocycles. The molecule has 1 aromatic rings. The molecule has 2 aliphatic heterocycles. The number of fused-ring (bicyclic) bond motifs is 1. The molecule has 0 saturated carbocycles. The lowest BCUT2D eigenvalue weighted by molar-refractivity contribution is -0.143. The van der Waals surface area contributed by atoms with Crippen LogP contribution in [0.15, 0.2) is 46.5 Å². The number of nitrogens with one attached hydrogen (secondary N) is 1. The minimum atomic E-state index is -4.75. The predicted molar refractivity (Wildman–Crippen MR) is 101 cm³/mol. The van der Waals surface area contributed by atoms with Crippen molar-refractivity contribution in [2.75, 3.05) is 24.2 Å². The number of rotatable bonds is 4. The van der Waals surface area contributed by atoms with Gasteiger partial charge in [-0.05, 0) is 24.3 Å². The molecule has 160 valence electrons. The van der Waals surface area contributed by atoms with Crippen LogP contribution in [0.1, 0.15) is 5.56 Å². The molecule has 0 spiro atoms. The molecule has 1 amide bonds. The molecule has 2 aliphatic rings. The molecular weight excluding hydrogens is 451 g/mol. The van der Waals surface area contributed by atoms with Crippen molar-refractivity contribution < 1.29 is 35.9 Å². The van der Waals surface area contributed by atoms with Crippen LogP contribution < -0.4 is 5.32 Å².